The maximum atomic E-state index is 5.44. The third kappa shape index (κ3) is 3.40. The summed E-state index contributed by atoms with van der Waals surface area (Å²) in [6, 6.07) is 1.85. The molecule has 0 saturated heterocycles. The van der Waals surface area contributed by atoms with Crippen molar-refractivity contribution in [2.24, 2.45) is 5.73 Å². The van der Waals surface area contributed by atoms with E-state index in [1.165, 1.54) is 0 Å². The quantitative estimate of drug-likeness (QED) is 0.721. The van der Waals surface area contributed by atoms with E-state index >= 15 is 0 Å². The van der Waals surface area contributed by atoms with Crippen molar-refractivity contribution in [3.63, 3.8) is 0 Å². The summed E-state index contributed by atoms with van der Waals surface area (Å²) in [5.74, 6) is 1.50. The molecule has 0 unspecified atom stereocenters. The normalized spacial score (nSPS) is 10.1. The Bertz CT molecular complexity index is 303. The molecule has 84 valence electrons. The minimum Gasteiger partial charge on any atom is -0.495 e. The standard InChI is InChI=1S/C11H18N2O2/c1-14-9-7-11(15-2)10(13-8-9)5-3-4-6-12/h7-8H,3-6,12H2,1-2H3. The lowest BCUT2D eigenvalue weighted by Crippen LogP contribution is -2.01. The van der Waals surface area contributed by atoms with Crippen LogP contribution in [0, 0.1) is 0 Å². The molecule has 0 aliphatic heterocycles. The molecule has 1 aromatic heterocycles. The fraction of sp³-hybridized carbons (Fsp3) is 0.545. The second-order valence-corrected chi connectivity index (χ2v) is 3.27. The molecule has 0 saturated carbocycles. The molecule has 0 aliphatic rings. The number of nitrogens with two attached hydrogens (primary N) is 1. The predicted octanol–water partition coefficient (Wildman–Crippen LogP) is 1.38. The van der Waals surface area contributed by atoms with E-state index in [-0.39, 0.29) is 0 Å². The van der Waals surface area contributed by atoms with E-state index in [1.807, 2.05) is 6.07 Å². The maximum absolute atomic E-state index is 5.44. The molecule has 0 spiro atoms. The summed E-state index contributed by atoms with van der Waals surface area (Å²) in [7, 11) is 3.26. The van der Waals surface area contributed by atoms with Crippen LogP contribution in [0.25, 0.3) is 0 Å². The van der Waals surface area contributed by atoms with Gasteiger partial charge in [0, 0.05) is 6.07 Å². The molecule has 4 nitrogen and oxygen atoms in total. The largest absolute Gasteiger partial charge is 0.495 e. The van der Waals surface area contributed by atoms with Gasteiger partial charge >= 0.3 is 0 Å². The van der Waals surface area contributed by atoms with Gasteiger partial charge in [-0.2, -0.15) is 0 Å². The van der Waals surface area contributed by atoms with Gasteiger partial charge < -0.3 is 15.2 Å². The number of unbranched alkanes of at least 4 members (excludes halogenated alkanes) is 1. The number of pyridine rings is 1. The Morgan fingerprint density at radius 2 is 2.07 bits per heavy atom. The van der Waals surface area contributed by atoms with E-state index in [0.717, 1.165) is 43.0 Å². The summed E-state index contributed by atoms with van der Waals surface area (Å²) < 4.78 is 10.3. The number of methoxy groups -OCH3 is 2. The van der Waals surface area contributed by atoms with Crippen molar-refractivity contribution in [1.82, 2.24) is 4.98 Å². The summed E-state index contributed by atoms with van der Waals surface area (Å²) in [6.07, 6.45) is 4.65. The molecule has 15 heavy (non-hydrogen) atoms. The molecule has 0 aliphatic carbocycles. The molecular formula is C11H18N2O2. The summed E-state index contributed by atoms with van der Waals surface area (Å²) >= 11 is 0. The Morgan fingerprint density at radius 3 is 2.67 bits per heavy atom. The van der Waals surface area contributed by atoms with Crippen LogP contribution in [-0.4, -0.2) is 25.7 Å². The molecular weight excluding hydrogens is 192 g/mol. The van der Waals surface area contributed by atoms with Crippen LogP contribution in [0.15, 0.2) is 12.3 Å². The number of nitrogens with zero attached hydrogens (tertiary/aromatic N) is 1. The topological polar surface area (TPSA) is 57.4 Å². The molecule has 0 fully saturated rings. The van der Waals surface area contributed by atoms with Crippen LogP contribution < -0.4 is 15.2 Å². The van der Waals surface area contributed by atoms with Crippen LogP contribution in [0.3, 0.4) is 0 Å². The number of ether oxygens (including phenoxy) is 2. The van der Waals surface area contributed by atoms with E-state index in [9.17, 15) is 0 Å². The first kappa shape index (κ1) is 11.8. The number of aryl methyl sites for hydroxylation is 1. The first-order valence-electron chi connectivity index (χ1n) is 5.08. The van der Waals surface area contributed by atoms with Crippen molar-refractivity contribution in [1.29, 1.82) is 0 Å². The Kier molecular flexibility index (Phi) is 4.90. The molecule has 1 heterocycles. The molecule has 2 N–H and O–H groups in total. The highest BCUT2D eigenvalue weighted by Gasteiger charge is 2.05. The lowest BCUT2D eigenvalue weighted by Gasteiger charge is -2.08. The number of rotatable bonds is 6. The lowest BCUT2D eigenvalue weighted by atomic mass is 10.1. The number of aromatic nitrogens is 1. The molecule has 0 amide bonds. The number of hydrogen-bond donors (Lipinski definition) is 1. The highest BCUT2D eigenvalue weighted by Crippen LogP contribution is 2.23. The van der Waals surface area contributed by atoms with E-state index in [4.69, 9.17) is 15.2 Å². The predicted molar refractivity (Wildman–Crippen MR) is 59.3 cm³/mol. The van der Waals surface area contributed by atoms with Gasteiger partial charge in [0.1, 0.15) is 11.5 Å². The third-order valence-electron chi connectivity index (χ3n) is 2.23. The van der Waals surface area contributed by atoms with Gasteiger partial charge in [-0.3, -0.25) is 4.98 Å². The molecule has 0 bridgehead atoms. The van der Waals surface area contributed by atoms with Crippen molar-refractivity contribution in [2.75, 3.05) is 20.8 Å². The Morgan fingerprint density at radius 1 is 1.27 bits per heavy atom. The SMILES string of the molecule is COc1cnc(CCCCN)c(OC)c1. The smallest absolute Gasteiger partial charge is 0.144 e. The molecule has 0 radical (unpaired) electrons. The van der Waals surface area contributed by atoms with Crippen molar-refractivity contribution >= 4 is 0 Å². The van der Waals surface area contributed by atoms with E-state index in [1.54, 1.807) is 20.4 Å². The van der Waals surface area contributed by atoms with E-state index in [0.29, 0.717) is 0 Å². The molecule has 1 aromatic rings. The Balaban J connectivity index is 2.69. The monoisotopic (exact) mass is 210 g/mol. The van der Waals surface area contributed by atoms with Gasteiger partial charge in [0.25, 0.3) is 0 Å². The van der Waals surface area contributed by atoms with Gasteiger partial charge in [0.2, 0.25) is 0 Å². The average molecular weight is 210 g/mol. The van der Waals surface area contributed by atoms with Crippen molar-refractivity contribution in [3.05, 3.63) is 18.0 Å². The van der Waals surface area contributed by atoms with Crippen LogP contribution >= 0.6 is 0 Å². The van der Waals surface area contributed by atoms with Gasteiger partial charge in [-0.05, 0) is 25.8 Å². The van der Waals surface area contributed by atoms with Gasteiger partial charge in [0.05, 0.1) is 26.1 Å². The Hall–Kier alpha value is -1.29. The molecule has 0 aromatic carbocycles. The minimum absolute atomic E-state index is 0.717. The summed E-state index contributed by atoms with van der Waals surface area (Å²) in [5.41, 5.74) is 6.40. The first-order valence-corrected chi connectivity index (χ1v) is 5.08. The molecule has 1 rings (SSSR count). The van der Waals surface area contributed by atoms with E-state index in [2.05, 4.69) is 4.98 Å². The fourth-order valence-electron chi connectivity index (χ4n) is 1.37. The minimum atomic E-state index is 0.717. The zero-order valence-electron chi connectivity index (χ0n) is 9.32. The fourth-order valence-corrected chi connectivity index (χ4v) is 1.37. The van der Waals surface area contributed by atoms with E-state index < -0.39 is 0 Å². The van der Waals surface area contributed by atoms with Crippen LogP contribution in [0.5, 0.6) is 11.5 Å². The molecule has 0 atom stereocenters. The van der Waals surface area contributed by atoms with Crippen molar-refractivity contribution in [2.45, 2.75) is 19.3 Å². The summed E-state index contributed by atoms with van der Waals surface area (Å²) in [6.45, 7) is 0.721. The van der Waals surface area contributed by atoms with Crippen LogP contribution in [0.1, 0.15) is 18.5 Å². The molecule has 4 heteroatoms. The summed E-state index contributed by atoms with van der Waals surface area (Å²) in [4.78, 5) is 4.30. The van der Waals surface area contributed by atoms with Gasteiger partial charge in [-0.25, -0.2) is 0 Å². The Labute approximate surface area is 90.4 Å². The lowest BCUT2D eigenvalue weighted by molar-refractivity contribution is 0.386. The van der Waals surface area contributed by atoms with Crippen molar-refractivity contribution < 1.29 is 9.47 Å². The van der Waals surface area contributed by atoms with Gasteiger partial charge in [0.15, 0.2) is 0 Å². The van der Waals surface area contributed by atoms with Crippen molar-refractivity contribution in [3.8, 4) is 11.5 Å². The second kappa shape index (κ2) is 6.24. The van der Waals surface area contributed by atoms with Gasteiger partial charge in [-0.15, -0.1) is 0 Å². The number of hydrogen-bond acceptors (Lipinski definition) is 4. The highest BCUT2D eigenvalue weighted by molar-refractivity contribution is 5.34. The third-order valence-corrected chi connectivity index (χ3v) is 2.23. The zero-order chi connectivity index (χ0) is 11.1. The maximum Gasteiger partial charge on any atom is 0.144 e. The summed E-state index contributed by atoms with van der Waals surface area (Å²) in [5, 5.41) is 0. The van der Waals surface area contributed by atoms with Crippen LogP contribution in [0.4, 0.5) is 0 Å². The second-order valence-electron chi connectivity index (χ2n) is 3.27. The highest BCUT2D eigenvalue weighted by atomic mass is 16.5. The first-order chi connectivity index (χ1) is 7.31. The van der Waals surface area contributed by atoms with Crippen LogP contribution in [0.2, 0.25) is 0 Å². The van der Waals surface area contributed by atoms with Crippen LogP contribution in [-0.2, 0) is 6.42 Å². The van der Waals surface area contributed by atoms with Gasteiger partial charge in [-0.1, -0.05) is 0 Å². The average Bonchev–Trinajstić information content (AvgIpc) is 2.29. The zero-order valence-corrected chi connectivity index (χ0v) is 9.32.